The fourth-order valence-corrected chi connectivity index (χ4v) is 2.24. The lowest BCUT2D eigenvalue weighted by Gasteiger charge is -2.35. The van der Waals surface area contributed by atoms with Gasteiger partial charge in [0.15, 0.2) is 0 Å². The summed E-state index contributed by atoms with van der Waals surface area (Å²) >= 11 is 0. The van der Waals surface area contributed by atoms with Crippen LogP contribution in [0.5, 0.6) is 0 Å². The van der Waals surface area contributed by atoms with Crippen molar-refractivity contribution < 1.29 is 14.3 Å². The van der Waals surface area contributed by atoms with Crippen LogP contribution < -0.4 is 0 Å². The highest BCUT2D eigenvalue weighted by atomic mass is 19.1. The van der Waals surface area contributed by atoms with E-state index in [0.29, 0.717) is 12.0 Å². The molecule has 80 valence electrons. The molecule has 1 rings (SSSR count). The Morgan fingerprint density at radius 1 is 1.57 bits per heavy atom. The van der Waals surface area contributed by atoms with Crippen LogP contribution in [0.15, 0.2) is 11.4 Å². The standard InChI is InChI=1S/C11H17FO2/c1-7-6-11(2,3)5-4-8(7)9(12)10(13)14/h7H,4-6H2,1-3H3,(H,13,14)/b9-8+. The molecule has 0 amide bonds. The molecule has 0 saturated heterocycles. The van der Waals surface area contributed by atoms with Crippen molar-refractivity contribution in [1.29, 1.82) is 0 Å². The number of allylic oxidation sites excluding steroid dienone is 1. The normalized spacial score (nSPS) is 29.9. The average molecular weight is 200 g/mol. The number of hydrogen-bond donors (Lipinski definition) is 1. The molecule has 1 fully saturated rings. The van der Waals surface area contributed by atoms with Crippen molar-refractivity contribution in [2.75, 3.05) is 0 Å². The quantitative estimate of drug-likeness (QED) is 0.660. The molecule has 1 N–H and O–H groups in total. The van der Waals surface area contributed by atoms with Crippen molar-refractivity contribution in [1.82, 2.24) is 0 Å². The van der Waals surface area contributed by atoms with Crippen LogP contribution in [0.1, 0.15) is 40.0 Å². The second-order valence-electron chi connectivity index (χ2n) is 4.91. The van der Waals surface area contributed by atoms with Gasteiger partial charge in [-0.1, -0.05) is 20.8 Å². The summed E-state index contributed by atoms with van der Waals surface area (Å²) in [6.07, 6.45) is 2.31. The monoisotopic (exact) mass is 200 g/mol. The smallest absolute Gasteiger partial charge is 0.364 e. The summed E-state index contributed by atoms with van der Waals surface area (Å²) in [6, 6.07) is 0. The van der Waals surface area contributed by atoms with E-state index >= 15 is 0 Å². The van der Waals surface area contributed by atoms with E-state index < -0.39 is 11.8 Å². The Morgan fingerprint density at radius 2 is 2.14 bits per heavy atom. The number of carboxylic acid groups (broad SMARTS) is 1. The highest BCUT2D eigenvalue weighted by Gasteiger charge is 2.31. The van der Waals surface area contributed by atoms with Gasteiger partial charge in [0.25, 0.3) is 0 Å². The van der Waals surface area contributed by atoms with Gasteiger partial charge in [0.05, 0.1) is 0 Å². The van der Waals surface area contributed by atoms with E-state index in [1.54, 1.807) is 0 Å². The Balaban J connectivity index is 2.86. The zero-order valence-electron chi connectivity index (χ0n) is 8.93. The van der Waals surface area contributed by atoms with Crippen LogP contribution >= 0.6 is 0 Å². The van der Waals surface area contributed by atoms with E-state index in [4.69, 9.17) is 5.11 Å². The molecule has 1 atom stereocenters. The number of aliphatic carboxylic acids is 1. The van der Waals surface area contributed by atoms with Gasteiger partial charge in [-0.3, -0.25) is 0 Å². The molecule has 0 aromatic carbocycles. The highest BCUT2D eigenvalue weighted by molar-refractivity contribution is 5.85. The van der Waals surface area contributed by atoms with Crippen molar-refractivity contribution in [3.05, 3.63) is 11.4 Å². The van der Waals surface area contributed by atoms with Crippen molar-refractivity contribution in [3.63, 3.8) is 0 Å². The van der Waals surface area contributed by atoms with Gasteiger partial charge in [-0.2, -0.15) is 4.39 Å². The topological polar surface area (TPSA) is 37.3 Å². The van der Waals surface area contributed by atoms with E-state index in [0.717, 1.165) is 12.8 Å². The van der Waals surface area contributed by atoms with Crippen molar-refractivity contribution in [3.8, 4) is 0 Å². The first kappa shape index (κ1) is 11.2. The predicted octanol–water partition coefficient (Wildman–Crippen LogP) is 3.14. The van der Waals surface area contributed by atoms with Crippen LogP contribution in [0.4, 0.5) is 4.39 Å². The number of halogens is 1. The molecule has 1 aliphatic rings. The summed E-state index contributed by atoms with van der Waals surface area (Å²) in [7, 11) is 0. The predicted molar refractivity (Wildman–Crippen MR) is 52.6 cm³/mol. The van der Waals surface area contributed by atoms with Crippen LogP contribution in [0.25, 0.3) is 0 Å². The Kier molecular flexibility index (Phi) is 2.98. The van der Waals surface area contributed by atoms with Crippen LogP contribution in [0, 0.1) is 11.3 Å². The van der Waals surface area contributed by atoms with Gasteiger partial charge in [0.1, 0.15) is 0 Å². The van der Waals surface area contributed by atoms with E-state index in [1.165, 1.54) is 0 Å². The van der Waals surface area contributed by atoms with Gasteiger partial charge in [0, 0.05) is 0 Å². The lowest BCUT2D eigenvalue weighted by atomic mass is 9.70. The summed E-state index contributed by atoms with van der Waals surface area (Å²) in [6.45, 7) is 6.18. The van der Waals surface area contributed by atoms with Gasteiger partial charge >= 0.3 is 5.97 Å². The first-order valence-electron chi connectivity index (χ1n) is 4.95. The molecule has 1 aliphatic carbocycles. The fourth-order valence-electron chi connectivity index (χ4n) is 2.24. The van der Waals surface area contributed by atoms with Gasteiger partial charge in [-0.05, 0) is 36.2 Å². The lowest BCUT2D eigenvalue weighted by molar-refractivity contribution is -0.134. The third kappa shape index (κ3) is 2.34. The molecule has 0 aliphatic heterocycles. The second-order valence-corrected chi connectivity index (χ2v) is 4.91. The van der Waals surface area contributed by atoms with Crippen LogP contribution in [0.3, 0.4) is 0 Å². The van der Waals surface area contributed by atoms with Crippen molar-refractivity contribution in [2.45, 2.75) is 40.0 Å². The highest BCUT2D eigenvalue weighted by Crippen LogP contribution is 2.42. The maximum atomic E-state index is 13.2. The maximum absolute atomic E-state index is 13.2. The molecule has 0 aromatic heterocycles. The molecule has 1 unspecified atom stereocenters. The molecule has 3 heteroatoms. The largest absolute Gasteiger partial charge is 0.476 e. The van der Waals surface area contributed by atoms with E-state index in [1.807, 2.05) is 6.92 Å². The average Bonchev–Trinajstić information content (AvgIpc) is 2.01. The first-order valence-corrected chi connectivity index (χ1v) is 4.95. The van der Waals surface area contributed by atoms with E-state index in [2.05, 4.69) is 13.8 Å². The minimum atomic E-state index is -1.42. The number of hydrogen-bond acceptors (Lipinski definition) is 1. The van der Waals surface area contributed by atoms with Crippen molar-refractivity contribution in [2.24, 2.45) is 11.3 Å². The third-order valence-electron chi connectivity index (χ3n) is 2.99. The van der Waals surface area contributed by atoms with E-state index in [-0.39, 0.29) is 11.3 Å². The van der Waals surface area contributed by atoms with Gasteiger partial charge in [0.2, 0.25) is 5.83 Å². The number of carbonyl (C=O) groups is 1. The minimum absolute atomic E-state index is 0.0508. The molecule has 2 nitrogen and oxygen atoms in total. The third-order valence-corrected chi connectivity index (χ3v) is 2.99. The zero-order valence-corrected chi connectivity index (χ0v) is 8.93. The van der Waals surface area contributed by atoms with Gasteiger partial charge in [-0.25, -0.2) is 4.79 Å². The summed E-state index contributed by atoms with van der Waals surface area (Å²) in [5.74, 6) is -2.31. The number of rotatable bonds is 1. The lowest BCUT2D eigenvalue weighted by Crippen LogP contribution is -2.24. The molecular weight excluding hydrogens is 183 g/mol. The number of carboxylic acids is 1. The summed E-state index contributed by atoms with van der Waals surface area (Å²) in [5.41, 5.74) is 0.693. The Morgan fingerprint density at radius 3 is 2.57 bits per heavy atom. The molecule has 1 saturated carbocycles. The summed E-state index contributed by atoms with van der Waals surface area (Å²) in [4.78, 5) is 10.5. The zero-order chi connectivity index (χ0) is 10.9. The maximum Gasteiger partial charge on any atom is 0.364 e. The molecular formula is C11H17FO2. The van der Waals surface area contributed by atoms with Gasteiger partial charge < -0.3 is 5.11 Å². The molecule has 0 radical (unpaired) electrons. The van der Waals surface area contributed by atoms with Crippen LogP contribution in [-0.4, -0.2) is 11.1 Å². The molecule has 0 spiro atoms. The Hall–Kier alpha value is -0.860. The molecule has 0 aromatic rings. The SMILES string of the molecule is CC1CC(C)(C)CC/C1=C(\F)C(=O)O. The Labute approximate surface area is 83.8 Å². The van der Waals surface area contributed by atoms with Crippen LogP contribution in [-0.2, 0) is 4.79 Å². The first-order chi connectivity index (χ1) is 6.33. The summed E-state index contributed by atoms with van der Waals surface area (Å²) < 4.78 is 13.2. The fraction of sp³-hybridized carbons (Fsp3) is 0.727. The molecule has 14 heavy (non-hydrogen) atoms. The van der Waals surface area contributed by atoms with Crippen molar-refractivity contribution >= 4 is 5.97 Å². The Bertz CT molecular complexity index is 279. The van der Waals surface area contributed by atoms with Crippen LogP contribution in [0.2, 0.25) is 0 Å². The summed E-state index contributed by atoms with van der Waals surface area (Å²) in [5, 5.41) is 8.55. The minimum Gasteiger partial charge on any atom is -0.476 e. The van der Waals surface area contributed by atoms with Gasteiger partial charge in [-0.15, -0.1) is 0 Å². The second kappa shape index (κ2) is 3.71. The molecule has 0 bridgehead atoms. The van der Waals surface area contributed by atoms with E-state index in [9.17, 15) is 9.18 Å². The molecule has 0 heterocycles.